The van der Waals surface area contributed by atoms with Gasteiger partial charge in [0.1, 0.15) is 6.07 Å². The molecule has 0 N–H and O–H groups in total. The number of ether oxygens (including phenoxy) is 1. The molecule has 0 radical (unpaired) electrons. The van der Waals surface area contributed by atoms with E-state index in [9.17, 15) is 10.1 Å². The second-order valence-corrected chi connectivity index (χ2v) is 3.39. The molecule has 0 atom stereocenters. The Morgan fingerprint density at radius 2 is 2.00 bits per heavy atom. The van der Waals surface area contributed by atoms with Gasteiger partial charge in [0.05, 0.1) is 17.6 Å². The summed E-state index contributed by atoms with van der Waals surface area (Å²) in [6, 6.07) is 10.1. The summed E-state index contributed by atoms with van der Waals surface area (Å²) in [5, 5.41) is 21.1. The Morgan fingerprint density at radius 3 is 2.53 bits per heavy atom. The van der Waals surface area contributed by atoms with E-state index in [1.54, 1.807) is 24.3 Å². The number of methoxy groups -OCH3 is 1. The fraction of sp³-hybridized carbons (Fsp3) is 0.0833. The number of benzene rings is 2. The molecule has 0 aromatic heterocycles. The molecule has 0 amide bonds. The second-order valence-electron chi connectivity index (χ2n) is 3.39. The van der Waals surface area contributed by atoms with Crippen molar-refractivity contribution in [1.29, 1.82) is 5.26 Å². The van der Waals surface area contributed by atoms with Crippen molar-refractivity contribution in [3.8, 4) is 11.8 Å². The highest BCUT2D eigenvalue weighted by Crippen LogP contribution is 2.37. The third-order valence-electron chi connectivity index (χ3n) is 2.50. The summed E-state index contributed by atoms with van der Waals surface area (Å²) < 4.78 is 5.07. The van der Waals surface area contributed by atoms with Crippen LogP contribution in [0.4, 0.5) is 5.69 Å². The highest BCUT2D eigenvalue weighted by Gasteiger charge is 2.20. The zero-order chi connectivity index (χ0) is 12.4. The number of fused-ring (bicyclic) bond motifs is 1. The third-order valence-corrected chi connectivity index (χ3v) is 2.50. The van der Waals surface area contributed by atoms with Crippen LogP contribution in [0.15, 0.2) is 30.3 Å². The number of hydrogen-bond donors (Lipinski definition) is 0. The average Bonchev–Trinajstić information content (AvgIpc) is 2.36. The maximum atomic E-state index is 10.9. The van der Waals surface area contributed by atoms with E-state index in [0.717, 1.165) is 0 Å². The minimum absolute atomic E-state index is 0.185. The van der Waals surface area contributed by atoms with Crippen molar-refractivity contribution in [1.82, 2.24) is 0 Å². The number of rotatable bonds is 2. The molecule has 84 valence electrons. The number of nitro groups is 1. The van der Waals surface area contributed by atoms with Gasteiger partial charge in [0.15, 0.2) is 0 Å². The molecule has 17 heavy (non-hydrogen) atoms. The summed E-state index contributed by atoms with van der Waals surface area (Å²) in [6.45, 7) is 0. The van der Waals surface area contributed by atoms with Gasteiger partial charge in [-0.15, -0.1) is 0 Å². The predicted molar refractivity (Wildman–Crippen MR) is 61.9 cm³/mol. The van der Waals surface area contributed by atoms with E-state index in [1.165, 1.54) is 13.2 Å². The summed E-state index contributed by atoms with van der Waals surface area (Å²) >= 11 is 0. The molecule has 0 bridgehead atoms. The first-order valence-electron chi connectivity index (χ1n) is 4.83. The lowest BCUT2D eigenvalue weighted by Crippen LogP contribution is -1.96. The molecule has 0 fully saturated rings. The number of hydrogen-bond acceptors (Lipinski definition) is 4. The standard InChI is InChI=1S/C12H8N2O3/c1-17-12-10-5-3-2-4-9(10)8(7-13)6-11(12)14(15)16/h2-6H,1H3. The van der Waals surface area contributed by atoms with Crippen molar-refractivity contribution in [2.45, 2.75) is 0 Å². The van der Waals surface area contributed by atoms with E-state index in [1.807, 2.05) is 6.07 Å². The maximum Gasteiger partial charge on any atom is 0.312 e. The van der Waals surface area contributed by atoms with Crippen LogP contribution >= 0.6 is 0 Å². The Labute approximate surface area is 97.0 Å². The van der Waals surface area contributed by atoms with Gasteiger partial charge in [-0.25, -0.2) is 0 Å². The van der Waals surface area contributed by atoms with Crippen molar-refractivity contribution >= 4 is 16.5 Å². The van der Waals surface area contributed by atoms with Crippen LogP contribution in [-0.2, 0) is 0 Å². The number of nitriles is 1. The largest absolute Gasteiger partial charge is 0.490 e. The summed E-state index contributed by atoms with van der Waals surface area (Å²) in [5.74, 6) is 0.185. The predicted octanol–water partition coefficient (Wildman–Crippen LogP) is 2.63. The molecule has 0 aliphatic heterocycles. The first-order chi connectivity index (χ1) is 8.19. The van der Waals surface area contributed by atoms with Crippen LogP contribution in [0.1, 0.15) is 5.56 Å². The van der Waals surface area contributed by atoms with Crippen LogP contribution < -0.4 is 4.74 Å². The first kappa shape index (κ1) is 10.9. The molecular formula is C12H8N2O3. The van der Waals surface area contributed by atoms with Crippen LogP contribution in [0, 0.1) is 21.4 Å². The second kappa shape index (κ2) is 4.10. The van der Waals surface area contributed by atoms with Gasteiger partial charge in [-0.1, -0.05) is 24.3 Å². The van der Waals surface area contributed by atoms with Gasteiger partial charge < -0.3 is 4.74 Å². The highest BCUT2D eigenvalue weighted by molar-refractivity contribution is 5.96. The van der Waals surface area contributed by atoms with Crippen molar-refractivity contribution in [2.75, 3.05) is 7.11 Å². The quantitative estimate of drug-likeness (QED) is 0.584. The molecule has 0 aliphatic rings. The summed E-state index contributed by atoms with van der Waals surface area (Å²) in [7, 11) is 1.38. The number of nitrogens with zero attached hydrogens (tertiary/aromatic N) is 2. The minimum atomic E-state index is -0.549. The summed E-state index contributed by atoms with van der Waals surface area (Å²) in [5.41, 5.74) is 0.0795. The zero-order valence-electron chi connectivity index (χ0n) is 9.01. The maximum absolute atomic E-state index is 10.9. The molecule has 2 rings (SSSR count). The lowest BCUT2D eigenvalue weighted by molar-refractivity contribution is -0.385. The highest BCUT2D eigenvalue weighted by atomic mass is 16.6. The van der Waals surface area contributed by atoms with E-state index in [4.69, 9.17) is 10.00 Å². The molecule has 2 aromatic carbocycles. The topological polar surface area (TPSA) is 76.2 Å². The Kier molecular flexibility index (Phi) is 2.63. The van der Waals surface area contributed by atoms with Crippen molar-refractivity contribution in [2.24, 2.45) is 0 Å². The van der Waals surface area contributed by atoms with Crippen LogP contribution in [0.5, 0.6) is 5.75 Å². The van der Waals surface area contributed by atoms with Gasteiger partial charge in [-0.05, 0) is 0 Å². The number of nitro benzene ring substituents is 1. The van der Waals surface area contributed by atoms with Crippen molar-refractivity contribution in [3.63, 3.8) is 0 Å². The fourth-order valence-corrected chi connectivity index (χ4v) is 1.78. The SMILES string of the molecule is COc1c([N+](=O)[O-])cc(C#N)c2ccccc12. The van der Waals surface area contributed by atoms with Crippen molar-refractivity contribution < 1.29 is 9.66 Å². The molecule has 0 aliphatic carbocycles. The molecule has 5 heteroatoms. The monoisotopic (exact) mass is 228 g/mol. The molecule has 0 saturated heterocycles. The Hall–Kier alpha value is -2.61. The molecule has 0 saturated carbocycles. The lowest BCUT2D eigenvalue weighted by Gasteiger charge is -2.07. The molecule has 2 aromatic rings. The van der Waals surface area contributed by atoms with Gasteiger partial charge in [-0.2, -0.15) is 5.26 Å². The average molecular weight is 228 g/mol. The van der Waals surface area contributed by atoms with Crippen LogP contribution in [0.2, 0.25) is 0 Å². The molecular weight excluding hydrogens is 220 g/mol. The first-order valence-corrected chi connectivity index (χ1v) is 4.83. The lowest BCUT2D eigenvalue weighted by atomic mass is 10.0. The Morgan fingerprint density at radius 1 is 1.35 bits per heavy atom. The normalized spacial score (nSPS) is 9.88. The van der Waals surface area contributed by atoms with Gasteiger partial charge in [0.25, 0.3) is 0 Å². The van der Waals surface area contributed by atoms with E-state index in [0.29, 0.717) is 10.8 Å². The molecule has 0 spiro atoms. The van der Waals surface area contributed by atoms with E-state index >= 15 is 0 Å². The van der Waals surface area contributed by atoms with E-state index < -0.39 is 4.92 Å². The summed E-state index contributed by atoms with van der Waals surface area (Å²) in [4.78, 5) is 10.4. The van der Waals surface area contributed by atoms with Gasteiger partial charge >= 0.3 is 5.69 Å². The van der Waals surface area contributed by atoms with E-state index in [2.05, 4.69) is 0 Å². The van der Waals surface area contributed by atoms with Crippen LogP contribution in [-0.4, -0.2) is 12.0 Å². The Balaban J connectivity index is 2.95. The molecule has 5 nitrogen and oxygen atoms in total. The van der Waals surface area contributed by atoms with Gasteiger partial charge in [0, 0.05) is 16.8 Å². The third kappa shape index (κ3) is 1.66. The van der Waals surface area contributed by atoms with Gasteiger partial charge in [0.2, 0.25) is 5.75 Å². The smallest absolute Gasteiger partial charge is 0.312 e. The zero-order valence-corrected chi connectivity index (χ0v) is 9.01. The fourth-order valence-electron chi connectivity index (χ4n) is 1.78. The summed E-state index contributed by atoms with van der Waals surface area (Å²) in [6.07, 6.45) is 0. The van der Waals surface area contributed by atoms with Crippen LogP contribution in [0.25, 0.3) is 10.8 Å². The van der Waals surface area contributed by atoms with E-state index in [-0.39, 0.29) is 17.0 Å². The van der Waals surface area contributed by atoms with Crippen LogP contribution in [0.3, 0.4) is 0 Å². The minimum Gasteiger partial charge on any atom is -0.490 e. The van der Waals surface area contributed by atoms with Gasteiger partial charge in [-0.3, -0.25) is 10.1 Å². The Bertz CT molecular complexity index is 644. The molecule has 0 unspecified atom stereocenters. The molecule has 0 heterocycles. The van der Waals surface area contributed by atoms with Crippen molar-refractivity contribution in [3.05, 3.63) is 46.0 Å².